The summed E-state index contributed by atoms with van der Waals surface area (Å²) in [6, 6.07) is 0. The van der Waals surface area contributed by atoms with Gasteiger partial charge in [0.05, 0.1) is 13.2 Å². The lowest BCUT2D eigenvalue weighted by atomic mass is 10.3. The van der Waals surface area contributed by atoms with Gasteiger partial charge >= 0.3 is 0 Å². The molecule has 0 aromatic carbocycles. The van der Waals surface area contributed by atoms with Crippen LogP contribution in [0.15, 0.2) is 36.5 Å². The Hall–Kier alpha value is -0.860. The Morgan fingerprint density at radius 3 is 1.55 bits per heavy atom. The van der Waals surface area contributed by atoms with Crippen molar-refractivity contribution in [2.75, 3.05) is 13.2 Å². The number of allylic oxidation sites excluding steroid dienone is 3. The zero-order valence-electron chi connectivity index (χ0n) is 13.5. The molecule has 0 radical (unpaired) electrons. The number of rotatable bonds is 13. The Morgan fingerprint density at radius 1 is 0.650 bits per heavy atom. The second-order valence-electron chi connectivity index (χ2n) is 4.62. The minimum absolute atomic E-state index is 0.108. The van der Waals surface area contributed by atoms with Gasteiger partial charge in [0.25, 0.3) is 0 Å². The van der Waals surface area contributed by atoms with Gasteiger partial charge in [0.15, 0.2) is 6.29 Å². The summed E-state index contributed by atoms with van der Waals surface area (Å²) in [5, 5.41) is 0. The average Bonchev–Trinajstić information content (AvgIpc) is 2.46. The molecular weight excluding hydrogens is 248 g/mol. The highest BCUT2D eigenvalue weighted by atomic mass is 16.7. The van der Waals surface area contributed by atoms with Crippen molar-refractivity contribution in [1.29, 1.82) is 0 Å². The summed E-state index contributed by atoms with van der Waals surface area (Å²) in [4.78, 5) is 0. The first kappa shape index (κ1) is 19.1. The summed E-state index contributed by atoms with van der Waals surface area (Å²) in [6.07, 6.45) is 18.9. The standard InChI is InChI=1S/C18H32O2/c1-4-7-10-13-16-19-18(15-12-9-6-3)20-17-14-11-8-5-2/h7-12,18H,4-6,13-17H2,1-3H3/b10-7-,11-8?,12-9-. The molecule has 20 heavy (non-hydrogen) atoms. The van der Waals surface area contributed by atoms with Crippen molar-refractivity contribution in [3.05, 3.63) is 36.5 Å². The van der Waals surface area contributed by atoms with Gasteiger partial charge in [0.1, 0.15) is 0 Å². The maximum atomic E-state index is 5.79. The fraction of sp³-hybridized carbons (Fsp3) is 0.667. The van der Waals surface area contributed by atoms with Gasteiger partial charge in [-0.1, -0.05) is 57.2 Å². The van der Waals surface area contributed by atoms with Gasteiger partial charge in [-0.2, -0.15) is 0 Å². The van der Waals surface area contributed by atoms with E-state index in [9.17, 15) is 0 Å². The van der Waals surface area contributed by atoms with Crippen LogP contribution in [0.5, 0.6) is 0 Å². The molecule has 0 aromatic rings. The minimum Gasteiger partial charge on any atom is -0.352 e. The molecule has 0 bridgehead atoms. The van der Waals surface area contributed by atoms with Crippen LogP contribution in [0.3, 0.4) is 0 Å². The van der Waals surface area contributed by atoms with E-state index < -0.39 is 0 Å². The Morgan fingerprint density at radius 2 is 1.10 bits per heavy atom. The van der Waals surface area contributed by atoms with E-state index in [4.69, 9.17) is 9.47 Å². The lowest BCUT2D eigenvalue weighted by molar-refractivity contribution is -0.137. The van der Waals surface area contributed by atoms with E-state index in [0.717, 1.165) is 51.7 Å². The van der Waals surface area contributed by atoms with Crippen molar-refractivity contribution in [1.82, 2.24) is 0 Å². The van der Waals surface area contributed by atoms with Crippen molar-refractivity contribution < 1.29 is 9.47 Å². The van der Waals surface area contributed by atoms with Crippen LogP contribution in [0.1, 0.15) is 59.3 Å². The second-order valence-corrected chi connectivity index (χ2v) is 4.62. The summed E-state index contributed by atoms with van der Waals surface area (Å²) in [7, 11) is 0. The van der Waals surface area contributed by atoms with Crippen LogP contribution in [0, 0.1) is 0 Å². The van der Waals surface area contributed by atoms with E-state index in [1.54, 1.807) is 0 Å². The average molecular weight is 280 g/mol. The largest absolute Gasteiger partial charge is 0.352 e. The van der Waals surface area contributed by atoms with Gasteiger partial charge in [-0.25, -0.2) is 0 Å². The van der Waals surface area contributed by atoms with E-state index in [0.29, 0.717) is 0 Å². The molecule has 116 valence electrons. The highest BCUT2D eigenvalue weighted by Crippen LogP contribution is 2.05. The van der Waals surface area contributed by atoms with Crippen molar-refractivity contribution >= 4 is 0 Å². The van der Waals surface area contributed by atoms with E-state index >= 15 is 0 Å². The minimum atomic E-state index is -0.108. The van der Waals surface area contributed by atoms with Gasteiger partial charge in [-0.05, 0) is 32.1 Å². The number of ether oxygens (including phenoxy) is 2. The second kappa shape index (κ2) is 16.2. The Labute approximate surface area is 125 Å². The Kier molecular flexibility index (Phi) is 15.5. The summed E-state index contributed by atoms with van der Waals surface area (Å²) < 4.78 is 11.6. The van der Waals surface area contributed by atoms with Crippen molar-refractivity contribution in [2.24, 2.45) is 0 Å². The van der Waals surface area contributed by atoms with Crippen LogP contribution in [0.2, 0.25) is 0 Å². The smallest absolute Gasteiger partial charge is 0.161 e. The van der Waals surface area contributed by atoms with Crippen LogP contribution < -0.4 is 0 Å². The molecule has 0 rings (SSSR count). The summed E-state index contributed by atoms with van der Waals surface area (Å²) in [6.45, 7) is 7.88. The highest BCUT2D eigenvalue weighted by molar-refractivity contribution is 4.83. The van der Waals surface area contributed by atoms with Crippen LogP contribution in [0.4, 0.5) is 0 Å². The lowest BCUT2D eigenvalue weighted by Gasteiger charge is -2.16. The zero-order valence-corrected chi connectivity index (χ0v) is 13.5. The third-order valence-corrected chi connectivity index (χ3v) is 2.71. The van der Waals surface area contributed by atoms with Gasteiger partial charge in [-0.3, -0.25) is 0 Å². The van der Waals surface area contributed by atoms with Gasteiger partial charge in [0.2, 0.25) is 0 Å². The molecule has 2 heteroatoms. The maximum Gasteiger partial charge on any atom is 0.161 e. The molecule has 0 heterocycles. The molecule has 0 aliphatic heterocycles. The number of hydrogen-bond acceptors (Lipinski definition) is 2. The third-order valence-electron chi connectivity index (χ3n) is 2.71. The predicted octanol–water partition coefficient (Wildman–Crippen LogP) is 5.41. The van der Waals surface area contributed by atoms with Gasteiger partial charge in [-0.15, -0.1) is 0 Å². The van der Waals surface area contributed by atoms with E-state index in [2.05, 4.69) is 57.2 Å². The molecule has 0 aliphatic carbocycles. The van der Waals surface area contributed by atoms with Crippen LogP contribution in [-0.2, 0) is 9.47 Å². The van der Waals surface area contributed by atoms with Gasteiger partial charge in [0, 0.05) is 6.42 Å². The van der Waals surface area contributed by atoms with Crippen molar-refractivity contribution in [3.8, 4) is 0 Å². The topological polar surface area (TPSA) is 18.5 Å². The van der Waals surface area contributed by atoms with Crippen LogP contribution >= 0.6 is 0 Å². The quantitative estimate of drug-likeness (QED) is 0.255. The molecule has 0 aromatic heterocycles. The van der Waals surface area contributed by atoms with Crippen LogP contribution in [0.25, 0.3) is 0 Å². The van der Waals surface area contributed by atoms with Crippen LogP contribution in [-0.4, -0.2) is 19.5 Å². The first-order valence-electron chi connectivity index (χ1n) is 8.03. The predicted molar refractivity (Wildman–Crippen MR) is 87.8 cm³/mol. The number of hydrogen-bond donors (Lipinski definition) is 0. The summed E-state index contributed by atoms with van der Waals surface area (Å²) >= 11 is 0. The molecule has 0 saturated heterocycles. The Balaban J connectivity index is 3.90. The van der Waals surface area contributed by atoms with E-state index in [1.807, 2.05) is 0 Å². The fourth-order valence-corrected chi connectivity index (χ4v) is 1.66. The molecule has 0 amide bonds. The SMILES string of the molecule is CCC=CCCOC(C/C=C\CC)OCC/C=C\CC. The molecule has 0 fully saturated rings. The highest BCUT2D eigenvalue weighted by Gasteiger charge is 2.06. The van der Waals surface area contributed by atoms with E-state index in [-0.39, 0.29) is 6.29 Å². The molecule has 2 nitrogen and oxygen atoms in total. The lowest BCUT2D eigenvalue weighted by Crippen LogP contribution is -2.17. The summed E-state index contributed by atoms with van der Waals surface area (Å²) in [5.74, 6) is 0. The normalized spacial score (nSPS) is 13.9. The molecule has 1 unspecified atom stereocenters. The molecule has 0 saturated carbocycles. The Bertz CT molecular complexity index is 247. The monoisotopic (exact) mass is 280 g/mol. The van der Waals surface area contributed by atoms with Crippen molar-refractivity contribution in [2.45, 2.75) is 65.6 Å². The van der Waals surface area contributed by atoms with Gasteiger partial charge < -0.3 is 9.47 Å². The maximum absolute atomic E-state index is 5.79. The molecule has 1 atom stereocenters. The van der Waals surface area contributed by atoms with Crippen molar-refractivity contribution in [3.63, 3.8) is 0 Å². The zero-order chi connectivity index (χ0) is 14.9. The third kappa shape index (κ3) is 13.6. The molecule has 0 spiro atoms. The first-order chi connectivity index (χ1) is 9.85. The fourth-order valence-electron chi connectivity index (χ4n) is 1.66. The van der Waals surface area contributed by atoms with E-state index in [1.165, 1.54) is 0 Å². The molecular formula is C18H32O2. The molecule has 0 N–H and O–H groups in total. The molecule has 0 aliphatic rings. The first-order valence-corrected chi connectivity index (χ1v) is 8.03. The summed E-state index contributed by atoms with van der Waals surface area (Å²) in [5.41, 5.74) is 0.